The number of nitriles is 1. The molecule has 0 saturated heterocycles. The van der Waals surface area contributed by atoms with Crippen molar-refractivity contribution in [2.75, 3.05) is 13.6 Å². The third-order valence-corrected chi connectivity index (χ3v) is 1.96. The molecule has 76 valence electrons. The Morgan fingerprint density at radius 2 is 2.27 bits per heavy atom. The molecule has 0 radical (unpaired) electrons. The topological polar surface area (TPSA) is 27.0 Å². The van der Waals surface area contributed by atoms with Crippen molar-refractivity contribution in [2.24, 2.45) is 0 Å². The zero-order valence-electron chi connectivity index (χ0n) is 8.50. The molecule has 15 heavy (non-hydrogen) atoms. The predicted octanol–water partition coefficient (Wildman–Crippen LogP) is 1.76. The van der Waals surface area contributed by atoms with E-state index in [1.54, 1.807) is 12.1 Å². The van der Waals surface area contributed by atoms with Gasteiger partial charge in [-0.25, -0.2) is 4.39 Å². The summed E-state index contributed by atoms with van der Waals surface area (Å²) < 4.78 is 13.0. The average Bonchev–Trinajstić information content (AvgIpc) is 2.21. The maximum Gasteiger partial charge on any atom is 0.140 e. The lowest BCUT2D eigenvalue weighted by Gasteiger charge is -2.13. The van der Waals surface area contributed by atoms with Crippen molar-refractivity contribution in [3.8, 4) is 18.4 Å². The lowest BCUT2D eigenvalue weighted by Crippen LogP contribution is -2.17. The minimum absolute atomic E-state index is 0.0709. The Balaban J connectivity index is 2.80. The molecule has 1 aromatic carbocycles. The summed E-state index contributed by atoms with van der Waals surface area (Å²) in [5.41, 5.74) is 0.951. The van der Waals surface area contributed by atoms with Crippen LogP contribution in [0.2, 0.25) is 0 Å². The van der Waals surface area contributed by atoms with E-state index in [0.717, 1.165) is 5.56 Å². The Hall–Kier alpha value is -1.84. The first kappa shape index (κ1) is 11.2. The van der Waals surface area contributed by atoms with E-state index in [4.69, 9.17) is 11.7 Å². The second-order valence-electron chi connectivity index (χ2n) is 3.30. The minimum atomic E-state index is -0.485. The van der Waals surface area contributed by atoms with Crippen molar-refractivity contribution >= 4 is 0 Å². The molecule has 0 bridgehead atoms. The van der Waals surface area contributed by atoms with Crippen molar-refractivity contribution in [3.05, 3.63) is 35.1 Å². The molecule has 0 aliphatic carbocycles. The molecule has 0 fully saturated rings. The van der Waals surface area contributed by atoms with Crippen molar-refractivity contribution in [1.82, 2.24) is 4.90 Å². The molecular formula is C12H11FN2. The molecule has 1 rings (SSSR count). The van der Waals surface area contributed by atoms with Crippen LogP contribution < -0.4 is 0 Å². The monoisotopic (exact) mass is 202 g/mol. The first-order valence-corrected chi connectivity index (χ1v) is 4.48. The molecule has 0 saturated carbocycles. The van der Waals surface area contributed by atoms with Gasteiger partial charge in [0.1, 0.15) is 11.9 Å². The lowest BCUT2D eigenvalue weighted by molar-refractivity contribution is 0.369. The molecule has 0 amide bonds. The Bertz CT molecular complexity index is 426. The van der Waals surface area contributed by atoms with Crippen LogP contribution in [0.25, 0.3) is 0 Å². The van der Waals surface area contributed by atoms with Gasteiger partial charge in [-0.2, -0.15) is 5.26 Å². The van der Waals surface area contributed by atoms with Crippen LogP contribution in [-0.4, -0.2) is 18.5 Å². The highest BCUT2D eigenvalue weighted by Gasteiger charge is 2.04. The summed E-state index contributed by atoms with van der Waals surface area (Å²) in [4.78, 5) is 1.91. The van der Waals surface area contributed by atoms with Crippen LogP contribution in [0.5, 0.6) is 0 Å². The molecule has 0 atom stereocenters. The van der Waals surface area contributed by atoms with E-state index in [1.165, 1.54) is 6.07 Å². The van der Waals surface area contributed by atoms with Gasteiger partial charge in [0.15, 0.2) is 0 Å². The highest BCUT2D eigenvalue weighted by atomic mass is 19.1. The molecule has 0 aliphatic rings. The first-order valence-electron chi connectivity index (χ1n) is 4.48. The highest BCUT2D eigenvalue weighted by Crippen LogP contribution is 2.10. The molecule has 3 heteroatoms. The van der Waals surface area contributed by atoms with Crippen molar-refractivity contribution in [2.45, 2.75) is 6.54 Å². The number of terminal acetylenes is 1. The van der Waals surface area contributed by atoms with Gasteiger partial charge in [-0.3, -0.25) is 4.90 Å². The van der Waals surface area contributed by atoms with Crippen LogP contribution >= 0.6 is 0 Å². The van der Waals surface area contributed by atoms with E-state index in [1.807, 2.05) is 18.0 Å². The van der Waals surface area contributed by atoms with Gasteiger partial charge in [0.25, 0.3) is 0 Å². The SMILES string of the molecule is C#CCN(C)Cc1ccc(F)c(C#N)c1. The summed E-state index contributed by atoms with van der Waals surface area (Å²) in [6.45, 7) is 1.14. The van der Waals surface area contributed by atoms with E-state index in [9.17, 15) is 4.39 Å². The van der Waals surface area contributed by atoms with Gasteiger partial charge in [-0.05, 0) is 24.7 Å². The van der Waals surface area contributed by atoms with E-state index in [0.29, 0.717) is 13.1 Å². The van der Waals surface area contributed by atoms with Gasteiger partial charge < -0.3 is 0 Å². The summed E-state index contributed by atoms with van der Waals surface area (Å²) in [6, 6.07) is 6.31. The molecule has 1 aromatic rings. The Kier molecular flexibility index (Phi) is 3.85. The lowest BCUT2D eigenvalue weighted by atomic mass is 10.1. The quantitative estimate of drug-likeness (QED) is 0.698. The van der Waals surface area contributed by atoms with Crippen LogP contribution in [-0.2, 0) is 6.54 Å². The van der Waals surface area contributed by atoms with Crippen LogP contribution in [0.15, 0.2) is 18.2 Å². The number of hydrogen-bond acceptors (Lipinski definition) is 2. The summed E-state index contributed by atoms with van der Waals surface area (Å²) in [7, 11) is 1.87. The Morgan fingerprint density at radius 3 is 2.87 bits per heavy atom. The van der Waals surface area contributed by atoms with Crippen LogP contribution in [0.3, 0.4) is 0 Å². The number of benzene rings is 1. The van der Waals surface area contributed by atoms with E-state index < -0.39 is 5.82 Å². The molecule has 0 unspecified atom stereocenters. The fourth-order valence-electron chi connectivity index (χ4n) is 1.28. The smallest absolute Gasteiger partial charge is 0.140 e. The highest BCUT2D eigenvalue weighted by molar-refractivity contribution is 5.34. The van der Waals surface area contributed by atoms with Gasteiger partial charge in [-0.1, -0.05) is 12.0 Å². The molecule has 0 spiro atoms. The van der Waals surface area contributed by atoms with E-state index >= 15 is 0 Å². The Morgan fingerprint density at radius 1 is 1.53 bits per heavy atom. The first-order chi connectivity index (χ1) is 7.17. The van der Waals surface area contributed by atoms with Gasteiger partial charge >= 0.3 is 0 Å². The summed E-state index contributed by atoms with van der Waals surface area (Å²) in [5, 5.41) is 8.64. The zero-order valence-corrected chi connectivity index (χ0v) is 8.50. The van der Waals surface area contributed by atoms with Crippen molar-refractivity contribution in [1.29, 1.82) is 5.26 Å². The maximum atomic E-state index is 13.0. The average molecular weight is 202 g/mol. The van der Waals surface area contributed by atoms with Gasteiger partial charge in [0, 0.05) is 6.54 Å². The van der Waals surface area contributed by atoms with Gasteiger partial charge in [0.05, 0.1) is 12.1 Å². The van der Waals surface area contributed by atoms with Gasteiger partial charge in [0.2, 0.25) is 0 Å². The van der Waals surface area contributed by atoms with E-state index in [2.05, 4.69) is 5.92 Å². The number of rotatable bonds is 3. The number of halogens is 1. The van der Waals surface area contributed by atoms with E-state index in [-0.39, 0.29) is 5.56 Å². The number of hydrogen-bond donors (Lipinski definition) is 0. The van der Waals surface area contributed by atoms with Crippen molar-refractivity contribution < 1.29 is 4.39 Å². The van der Waals surface area contributed by atoms with Crippen molar-refractivity contribution in [3.63, 3.8) is 0 Å². The zero-order chi connectivity index (χ0) is 11.3. The van der Waals surface area contributed by atoms with Crippen LogP contribution in [0, 0.1) is 29.5 Å². The predicted molar refractivity (Wildman–Crippen MR) is 56.3 cm³/mol. The molecule has 0 heterocycles. The fraction of sp³-hybridized carbons (Fsp3) is 0.250. The molecule has 0 aromatic heterocycles. The molecular weight excluding hydrogens is 191 g/mol. The third kappa shape index (κ3) is 3.09. The van der Waals surface area contributed by atoms with Crippen LogP contribution in [0.1, 0.15) is 11.1 Å². The van der Waals surface area contributed by atoms with Gasteiger partial charge in [-0.15, -0.1) is 6.42 Å². The normalized spacial score (nSPS) is 9.67. The molecule has 0 N–H and O–H groups in total. The summed E-state index contributed by atoms with van der Waals surface area (Å²) in [5.74, 6) is 2.03. The fourth-order valence-corrected chi connectivity index (χ4v) is 1.28. The standard InChI is InChI=1S/C12H11FN2/c1-3-6-15(2)9-10-4-5-12(13)11(7-10)8-14/h1,4-5,7H,6,9H2,2H3. The minimum Gasteiger partial charge on any atom is -0.291 e. The third-order valence-electron chi connectivity index (χ3n) is 1.96. The molecule has 2 nitrogen and oxygen atoms in total. The van der Waals surface area contributed by atoms with Crippen LogP contribution in [0.4, 0.5) is 4.39 Å². The largest absolute Gasteiger partial charge is 0.291 e. The summed E-state index contributed by atoms with van der Waals surface area (Å²) >= 11 is 0. The maximum absolute atomic E-state index is 13.0. The second kappa shape index (κ2) is 5.14. The number of nitrogens with zero attached hydrogens (tertiary/aromatic N) is 2. The Labute approximate surface area is 88.9 Å². The summed E-state index contributed by atoms with van der Waals surface area (Å²) in [6.07, 6.45) is 5.16. The molecule has 0 aliphatic heterocycles. The second-order valence-corrected chi connectivity index (χ2v) is 3.30.